The number of allylic oxidation sites excluding steroid dienone is 1. The van der Waals surface area contributed by atoms with E-state index >= 15 is 0 Å². The molecule has 0 aliphatic rings. The van der Waals surface area contributed by atoms with Crippen LogP contribution in [0.15, 0.2) is 12.2 Å². The summed E-state index contributed by atoms with van der Waals surface area (Å²) in [6.45, 7) is 2.09. The molecular weight excluding hydrogens is 208 g/mol. The van der Waals surface area contributed by atoms with Gasteiger partial charge in [-0.1, -0.05) is 31.9 Å². The van der Waals surface area contributed by atoms with Crippen LogP contribution in [0.3, 0.4) is 0 Å². The van der Waals surface area contributed by atoms with E-state index in [1.165, 1.54) is 6.42 Å². The van der Waals surface area contributed by atoms with Crippen LogP contribution in [0.1, 0.15) is 32.6 Å². The summed E-state index contributed by atoms with van der Waals surface area (Å²) in [6.07, 6.45) is 6.95. The fourth-order valence-electron chi connectivity index (χ4n) is 1.23. The van der Waals surface area contributed by atoms with Crippen molar-refractivity contribution in [2.45, 2.75) is 32.6 Å². The van der Waals surface area contributed by atoms with Gasteiger partial charge < -0.3 is 10.8 Å². The largest absolute Gasteiger partial charge is 0.465 e. The topological polar surface area (TPSA) is 83.6 Å². The van der Waals surface area contributed by atoms with Crippen LogP contribution in [0.2, 0.25) is 0 Å². The van der Waals surface area contributed by atoms with Crippen LogP contribution in [0.25, 0.3) is 0 Å². The molecule has 0 aromatic carbocycles. The Morgan fingerprint density at radius 3 is 2.50 bits per heavy atom. The molecule has 0 fully saturated rings. The second-order valence-electron chi connectivity index (χ2n) is 3.60. The molecule has 0 bridgehead atoms. The van der Waals surface area contributed by atoms with Crippen molar-refractivity contribution < 1.29 is 14.7 Å². The molecule has 0 aliphatic carbocycles. The zero-order valence-corrected chi connectivity index (χ0v) is 9.69. The Balaban J connectivity index is 3.83. The average molecular weight is 228 g/mol. The van der Waals surface area contributed by atoms with Crippen LogP contribution in [0.5, 0.6) is 0 Å². The lowest BCUT2D eigenvalue weighted by atomic mass is 10.2. The maximum atomic E-state index is 10.7. The number of rotatable bonds is 8. The zero-order chi connectivity index (χ0) is 12.4. The summed E-state index contributed by atoms with van der Waals surface area (Å²) in [4.78, 5) is 22.3. The lowest BCUT2D eigenvalue weighted by molar-refractivity contribution is -0.118. The Kier molecular flexibility index (Phi) is 7.93. The molecule has 0 aliphatic heterocycles. The predicted octanol–water partition coefficient (Wildman–Crippen LogP) is 1.59. The van der Waals surface area contributed by atoms with E-state index in [2.05, 4.69) is 6.92 Å². The van der Waals surface area contributed by atoms with E-state index in [-0.39, 0.29) is 13.1 Å². The Labute approximate surface area is 95.9 Å². The van der Waals surface area contributed by atoms with Gasteiger partial charge in [-0.05, 0) is 12.8 Å². The number of amides is 2. The van der Waals surface area contributed by atoms with E-state index in [1.54, 1.807) is 6.08 Å². The number of nitrogens with two attached hydrogens (primary N) is 1. The average Bonchev–Trinajstić information content (AvgIpc) is 2.20. The van der Waals surface area contributed by atoms with Crippen molar-refractivity contribution in [1.29, 1.82) is 0 Å². The molecule has 3 N–H and O–H groups in total. The fraction of sp³-hybridized carbons (Fsp3) is 0.636. The smallest absolute Gasteiger partial charge is 0.408 e. The van der Waals surface area contributed by atoms with Gasteiger partial charge in [0.25, 0.3) is 0 Å². The van der Waals surface area contributed by atoms with Gasteiger partial charge in [0.15, 0.2) is 0 Å². The molecule has 2 amide bonds. The van der Waals surface area contributed by atoms with Crippen molar-refractivity contribution in [3.05, 3.63) is 12.2 Å². The van der Waals surface area contributed by atoms with E-state index in [1.807, 2.05) is 6.08 Å². The maximum absolute atomic E-state index is 10.7. The number of nitrogens with zero attached hydrogens (tertiary/aromatic N) is 1. The van der Waals surface area contributed by atoms with Crippen LogP contribution in [0, 0.1) is 0 Å². The van der Waals surface area contributed by atoms with Crippen LogP contribution >= 0.6 is 0 Å². The minimum Gasteiger partial charge on any atom is -0.465 e. The first-order valence-corrected chi connectivity index (χ1v) is 5.49. The van der Waals surface area contributed by atoms with Gasteiger partial charge in [0.05, 0.1) is 0 Å². The van der Waals surface area contributed by atoms with Crippen LogP contribution < -0.4 is 5.73 Å². The molecule has 5 heteroatoms. The summed E-state index contributed by atoms with van der Waals surface area (Å²) in [5.41, 5.74) is 4.93. The van der Waals surface area contributed by atoms with E-state index < -0.39 is 12.0 Å². The van der Waals surface area contributed by atoms with Crippen molar-refractivity contribution >= 4 is 12.0 Å². The Morgan fingerprint density at radius 1 is 1.31 bits per heavy atom. The minimum absolute atomic E-state index is 0.213. The fourth-order valence-corrected chi connectivity index (χ4v) is 1.23. The number of carbonyl (C=O) groups is 2. The first-order valence-electron chi connectivity index (χ1n) is 5.49. The molecule has 0 unspecified atom stereocenters. The second kappa shape index (κ2) is 8.76. The molecule has 5 nitrogen and oxygen atoms in total. The number of unbranched alkanes of at least 4 members (excludes halogenated alkanes) is 3. The summed E-state index contributed by atoms with van der Waals surface area (Å²) in [6, 6.07) is 0. The molecular formula is C11H20N2O3. The molecule has 0 aromatic rings. The van der Waals surface area contributed by atoms with Crippen molar-refractivity contribution in [3.8, 4) is 0 Å². The van der Waals surface area contributed by atoms with Gasteiger partial charge in [0.1, 0.15) is 6.54 Å². The predicted molar refractivity (Wildman–Crippen MR) is 62.1 cm³/mol. The highest BCUT2D eigenvalue weighted by molar-refractivity contribution is 5.80. The van der Waals surface area contributed by atoms with Crippen molar-refractivity contribution in [1.82, 2.24) is 4.90 Å². The number of hydrogen-bond donors (Lipinski definition) is 2. The monoisotopic (exact) mass is 228 g/mol. The summed E-state index contributed by atoms with van der Waals surface area (Å²) in [5.74, 6) is -0.637. The molecule has 0 radical (unpaired) electrons. The standard InChI is InChI=1S/C11H20N2O3/c1-2-3-4-5-6-7-8-13(11(15)16)9-10(12)14/h6-7H,2-5,8-9H2,1H3,(H2,12,14)(H,15,16). The number of hydrogen-bond acceptors (Lipinski definition) is 2. The van der Waals surface area contributed by atoms with Gasteiger partial charge in [0, 0.05) is 6.54 Å². The third-order valence-corrected chi connectivity index (χ3v) is 2.08. The second-order valence-corrected chi connectivity index (χ2v) is 3.60. The number of carbonyl (C=O) groups excluding carboxylic acids is 1. The van der Waals surface area contributed by atoms with Crippen molar-refractivity contribution in [2.24, 2.45) is 5.73 Å². The molecule has 0 saturated heterocycles. The van der Waals surface area contributed by atoms with Crippen LogP contribution in [-0.2, 0) is 4.79 Å². The molecule has 0 saturated carbocycles. The summed E-state index contributed by atoms with van der Waals surface area (Å²) in [7, 11) is 0. The minimum atomic E-state index is -1.13. The molecule has 92 valence electrons. The molecule has 0 spiro atoms. The summed E-state index contributed by atoms with van der Waals surface area (Å²) < 4.78 is 0. The Bertz CT molecular complexity index is 252. The molecule has 0 aromatic heterocycles. The van der Waals surface area contributed by atoms with Crippen molar-refractivity contribution in [3.63, 3.8) is 0 Å². The van der Waals surface area contributed by atoms with Gasteiger partial charge in [-0.2, -0.15) is 0 Å². The van der Waals surface area contributed by atoms with E-state index in [0.29, 0.717) is 0 Å². The van der Waals surface area contributed by atoms with Gasteiger partial charge in [-0.25, -0.2) is 4.79 Å². The van der Waals surface area contributed by atoms with E-state index in [4.69, 9.17) is 10.8 Å². The molecule has 0 heterocycles. The Hall–Kier alpha value is -1.52. The lowest BCUT2D eigenvalue weighted by Gasteiger charge is -2.14. The van der Waals surface area contributed by atoms with Crippen LogP contribution in [0.4, 0.5) is 4.79 Å². The highest BCUT2D eigenvalue weighted by atomic mass is 16.4. The van der Waals surface area contributed by atoms with Gasteiger partial charge in [-0.15, -0.1) is 0 Å². The van der Waals surface area contributed by atoms with Gasteiger partial charge >= 0.3 is 6.09 Å². The van der Waals surface area contributed by atoms with Crippen LogP contribution in [-0.4, -0.2) is 35.1 Å². The molecule has 16 heavy (non-hydrogen) atoms. The lowest BCUT2D eigenvalue weighted by Crippen LogP contribution is -2.37. The maximum Gasteiger partial charge on any atom is 0.408 e. The quantitative estimate of drug-likeness (QED) is 0.488. The van der Waals surface area contributed by atoms with E-state index in [0.717, 1.165) is 24.2 Å². The first-order chi connectivity index (χ1) is 7.57. The molecule has 0 rings (SSSR count). The highest BCUT2D eigenvalue weighted by Crippen LogP contribution is 2.00. The van der Waals surface area contributed by atoms with Crippen molar-refractivity contribution in [2.75, 3.05) is 13.1 Å². The number of primary amides is 1. The van der Waals surface area contributed by atoms with Gasteiger partial charge in [0.2, 0.25) is 5.91 Å². The normalized spacial score (nSPS) is 10.6. The highest BCUT2D eigenvalue weighted by Gasteiger charge is 2.11. The third-order valence-electron chi connectivity index (χ3n) is 2.08. The third kappa shape index (κ3) is 7.84. The van der Waals surface area contributed by atoms with Gasteiger partial charge in [-0.3, -0.25) is 9.69 Å². The summed E-state index contributed by atoms with van der Waals surface area (Å²) >= 11 is 0. The SMILES string of the molecule is CCCCCC=CCN(CC(N)=O)C(=O)O. The Morgan fingerprint density at radius 2 is 2.00 bits per heavy atom. The first kappa shape index (κ1) is 14.5. The van der Waals surface area contributed by atoms with E-state index in [9.17, 15) is 9.59 Å². The number of carboxylic acid groups (broad SMARTS) is 1. The summed E-state index contributed by atoms with van der Waals surface area (Å²) in [5, 5.41) is 8.75. The zero-order valence-electron chi connectivity index (χ0n) is 9.69. The molecule has 0 atom stereocenters.